The molecule has 0 spiro atoms. The van der Waals surface area contributed by atoms with Gasteiger partial charge in [0.2, 0.25) is 0 Å². The molecule has 3 aromatic rings. The predicted molar refractivity (Wildman–Crippen MR) is 131 cm³/mol. The quantitative estimate of drug-likeness (QED) is 0.301. The van der Waals surface area contributed by atoms with Gasteiger partial charge in [-0.25, -0.2) is 13.6 Å². The largest absolute Gasteiger partial charge is 0.573 e. The molecule has 0 radical (unpaired) electrons. The molecule has 3 aliphatic rings. The van der Waals surface area contributed by atoms with Gasteiger partial charge in [0.15, 0.2) is 0 Å². The van der Waals surface area contributed by atoms with Gasteiger partial charge in [0.25, 0.3) is 0 Å². The number of nitrogens with zero attached hydrogens (tertiary/aromatic N) is 2. The molecule has 6 rings (SSSR count). The van der Waals surface area contributed by atoms with Crippen LogP contribution in [-0.4, -0.2) is 40.8 Å². The van der Waals surface area contributed by atoms with Crippen molar-refractivity contribution in [2.75, 3.05) is 4.90 Å². The van der Waals surface area contributed by atoms with Crippen LogP contribution < -0.4 is 9.64 Å². The smallest absolute Gasteiger partial charge is 0.478 e. The third kappa shape index (κ3) is 5.12. The Morgan fingerprint density at radius 2 is 1.70 bits per heavy atom. The average molecular weight is 565 g/mol. The third-order valence-electron chi connectivity index (χ3n) is 7.81. The number of halogens is 5. The number of rotatable bonds is 8. The van der Waals surface area contributed by atoms with Gasteiger partial charge in [0.1, 0.15) is 34.5 Å². The SMILES string of the molecule is O=C(O)c1cc(F)c(N2C3CCC2CC(OCc2c(-c4ccccc4OC(F)(F)F)noc2C2CC2)C3)c(F)c1. The maximum Gasteiger partial charge on any atom is 0.573 e. The summed E-state index contributed by atoms with van der Waals surface area (Å²) in [5.41, 5.74) is 0.249. The molecule has 40 heavy (non-hydrogen) atoms. The van der Waals surface area contributed by atoms with E-state index in [2.05, 4.69) is 9.89 Å². The molecule has 3 fully saturated rings. The summed E-state index contributed by atoms with van der Waals surface area (Å²) in [7, 11) is 0. The number of hydrogen-bond acceptors (Lipinski definition) is 6. The van der Waals surface area contributed by atoms with E-state index in [-0.39, 0.29) is 47.7 Å². The average Bonchev–Trinajstić information content (AvgIpc) is 3.59. The highest BCUT2D eigenvalue weighted by Crippen LogP contribution is 2.47. The first-order chi connectivity index (χ1) is 19.1. The Morgan fingerprint density at radius 1 is 1.05 bits per heavy atom. The van der Waals surface area contributed by atoms with Crippen molar-refractivity contribution in [3.05, 3.63) is 64.9 Å². The molecule has 3 heterocycles. The van der Waals surface area contributed by atoms with Crippen molar-refractivity contribution in [3.63, 3.8) is 0 Å². The summed E-state index contributed by atoms with van der Waals surface area (Å²) >= 11 is 0. The summed E-state index contributed by atoms with van der Waals surface area (Å²) < 4.78 is 84.9. The van der Waals surface area contributed by atoms with Gasteiger partial charge in [0, 0.05) is 29.1 Å². The summed E-state index contributed by atoms with van der Waals surface area (Å²) in [6.07, 6.45) is -1.06. The molecule has 1 aliphatic carbocycles. The second kappa shape index (κ2) is 10.1. The fraction of sp³-hybridized carbons (Fsp3) is 0.429. The number of hydrogen-bond donors (Lipinski definition) is 1. The molecule has 2 aromatic carbocycles. The van der Waals surface area contributed by atoms with Crippen LogP contribution in [0.15, 0.2) is 40.9 Å². The van der Waals surface area contributed by atoms with Gasteiger partial charge in [-0.05, 0) is 62.8 Å². The Balaban J connectivity index is 1.22. The molecular weight excluding hydrogens is 539 g/mol. The van der Waals surface area contributed by atoms with Crippen molar-refractivity contribution in [1.29, 1.82) is 0 Å². The minimum Gasteiger partial charge on any atom is -0.478 e. The van der Waals surface area contributed by atoms with Crippen molar-refractivity contribution in [3.8, 4) is 17.0 Å². The summed E-state index contributed by atoms with van der Waals surface area (Å²) in [6.45, 7) is 0.0468. The Bertz CT molecular complexity index is 1400. The number of aromatic carboxylic acids is 1. The third-order valence-corrected chi connectivity index (χ3v) is 7.81. The molecule has 12 heteroatoms. The van der Waals surface area contributed by atoms with Crippen LogP contribution in [0.4, 0.5) is 27.6 Å². The maximum absolute atomic E-state index is 14.9. The van der Waals surface area contributed by atoms with Gasteiger partial charge in [-0.2, -0.15) is 0 Å². The van der Waals surface area contributed by atoms with Crippen molar-refractivity contribution in [2.45, 2.75) is 75.6 Å². The molecule has 2 aliphatic heterocycles. The van der Waals surface area contributed by atoms with E-state index in [4.69, 9.17) is 14.4 Å². The maximum atomic E-state index is 14.9. The molecule has 1 N–H and O–H groups in total. The molecule has 2 atom stereocenters. The number of carboxylic acid groups (broad SMARTS) is 1. The second-order valence-electron chi connectivity index (χ2n) is 10.5. The topological polar surface area (TPSA) is 85.0 Å². The molecule has 1 aromatic heterocycles. The Labute approximate surface area is 225 Å². The molecule has 212 valence electrons. The van der Waals surface area contributed by atoms with E-state index < -0.39 is 35.3 Å². The fourth-order valence-corrected chi connectivity index (χ4v) is 5.98. The number of benzene rings is 2. The van der Waals surface area contributed by atoms with Crippen molar-refractivity contribution in [2.24, 2.45) is 0 Å². The van der Waals surface area contributed by atoms with Gasteiger partial charge in [-0.1, -0.05) is 17.3 Å². The zero-order valence-electron chi connectivity index (χ0n) is 21.1. The lowest BCUT2D eigenvalue weighted by Gasteiger charge is -2.40. The highest BCUT2D eigenvalue weighted by atomic mass is 19.4. The lowest BCUT2D eigenvalue weighted by atomic mass is 9.97. The molecule has 2 bridgehead atoms. The van der Waals surface area contributed by atoms with Crippen molar-refractivity contribution < 1.29 is 45.8 Å². The number of fused-ring (bicyclic) bond motifs is 2. The molecule has 7 nitrogen and oxygen atoms in total. The van der Waals surface area contributed by atoms with Gasteiger partial charge >= 0.3 is 12.3 Å². The number of aromatic nitrogens is 1. The van der Waals surface area contributed by atoms with Crippen LogP contribution in [0.25, 0.3) is 11.3 Å². The van der Waals surface area contributed by atoms with Crippen LogP contribution in [0, 0.1) is 11.6 Å². The van der Waals surface area contributed by atoms with E-state index in [9.17, 15) is 26.7 Å². The summed E-state index contributed by atoms with van der Waals surface area (Å²) in [5.74, 6) is -2.94. The van der Waals surface area contributed by atoms with Crippen LogP contribution in [0.1, 0.15) is 66.1 Å². The number of carboxylic acids is 1. The summed E-state index contributed by atoms with van der Waals surface area (Å²) in [4.78, 5) is 12.9. The molecular formula is C28H25F5N2O5. The van der Waals surface area contributed by atoms with Gasteiger partial charge in [0.05, 0.1) is 18.3 Å². The number of anilines is 1. The Kier molecular flexibility index (Phi) is 6.68. The van der Waals surface area contributed by atoms with Crippen LogP contribution in [0.3, 0.4) is 0 Å². The van der Waals surface area contributed by atoms with Crippen LogP contribution in [0.5, 0.6) is 5.75 Å². The number of carbonyl (C=O) groups is 1. The zero-order valence-corrected chi connectivity index (χ0v) is 21.1. The van der Waals surface area contributed by atoms with Crippen molar-refractivity contribution in [1.82, 2.24) is 5.16 Å². The van der Waals surface area contributed by atoms with Crippen molar-refractivity contribution >= 4 is 11.7 Å². The van der Waals surface area contributed by atoms with E-state index >= 15 is 0 Å². The standard InChI is InChI=1S/C28H25F5N2O5/c29-21-9-15(27(36)37)10-22(30)25(21)35-16-7-8-17(35)12-18(11-16)38-13-20-24(34-40-26(20)14-5-6-14)19-3-1-2-4-23(19)39-28(31,32)33/h1-4,9-10,14,16-18H,5-8,11-13H2,(H,36,37). The molecule has 0 amide bonds. The predicted octanol–water partition coefficient (Wildman–Crippen LogP) is 6.81. The fourth-order valence-electron chi connectivity index (χ4n) is 5.98. The normalized spacial score (nSPS) is 22.5. The van der Waals surface area contributed by atoms with E-state index in [1.54, 1.807) is 11.0 Å². The molecule has 1 saturated carbocycles. The lowest BCUT2D eigenvalue weighted by molar-refractivity contribution is -0.274. The van der Waals surface area contributed by atoms with Crippen LogP contribution in [-0.2, 0) is 11.3 Å². The first-order valence-electron chi connectivity index (χ1n) is 13.0. The summed E-state index contributed by atoms with van der Waals surface area (Å²) in [6, 6.07) is 6.95. The van der Waals surface area contributed by atoms with E-state index in [1.165, 1.54) is 18.2 Å². The highest BCUT2D eigenvalue weighted by molar-refractivity contribution is 5.88. The van der Waals surface area contributed by atoms with E-state index in [0.29, 0.717) is 37.0 Å². The monoisotopic (exact) mass is 564 g/mol. The Hall–Kier alpha value is -3.67. The molecule has 2 saturated heterocycles. The van der Waals surface area contributed by atoms with E-state index in [0.717, 1.165) is 25.0 Å². The van der Waals surface area contributed by atoms with Gasteiger partial charge in [-0.15, -0.1) is 13.2 Å². The van der Waals surface area contributed by atoms with Gasteiger partial charge in [-0.3, -0.25) is 0 Å². The zero-order chi connectivity index (χ0) is 28.2. The second-order valence-corrected chi connectivity index (χ2v) is 10.5. The Morgan fingerprint density at radius 3 is 2.30 bits per heavy atom. The van der Waals surface area contributed by atoms with Crippen LogP contribution >= 0.6 is 0 Å². The highest BCUT2D eigenvalue weighted by Gasteiger charge is 2.44. The number of alkyl halides is 3. The number of piperidine rings is 1. The first-order valence-corrected chi connectivity index (χ1v) is 13.0. The lowest BCUT2D eigenvalue weighted by Crippen LogP contribution is -2.46. The summed E-state index contributed by atoms with van der Waals surface area (Å²) in [5, 5.41) is 13.2. The van der Waals surface area contributed by atoms with Crippen LogP contribution in [0.2, 0.25) is 0 Å². The van der Waals surface area contributed by atoms with Gasteiger partial charge < -0.3 is 24.0 Å². The first kappa shape index (κ1) is 26.5. The minimum absolute atomic E-state index is 0.0468. The molecule has 2 unspecified atom stereocenters. The van der Waals surface area contributed by atoms with E-state index in [1.807, 2.05) is 0 Å². The number of ether oxygens (including phenoxy) is 2. The number of para-hydroxylation sites is 1. The minimum atomic E-state index is -4.88.